The number of pyridine rings is 1. The standard InChI is InChI=1S/C11H7F3N6/c12-11(13,14)8-6(3-17-20-8)10-18-7-4-16-2-1-5(7)9(15)19-10/h1-4H,(H,17,20)(H2,15,18,19). The molecule has 102 valence electrons. The molecule has 0 bridgehead atoms. The van der Waals surface area contributed by atoms with E-state index in [2.05, 4.69) is 25.1 Å². The first-order valence-electron chi connectivity index (χ1n) is 5.45. The third kappa shape index (κ3) is 1.92. The van der Waals surface area contributed by atoms with Gasteiger partial charge in [0.05, 0.1) is 17.3 Å². The van der Waals surface area contributed by atoms with Gasteiger partial charge in [0, 0.05) is 17.8 Å². The molecule has 0 spiro atoms. The van der Waals surface area contributed by atoms with Crippen molar-refractivity contribution in [3.05, 3.63) is 30.4 Å². The second kappa shape index (κ2) is 4.15. The Balaban J connectivity index is 2.23. The van der Waals surface area contributed by atoms with Crippen LogP contribution in [0.4, 0.5) is 19.0 Å². The molecule has 0 aliphatic rings. The summed E-state index contributed by atoms with van der Waals surface area (Å²) in [6.45, 7) is 0. The zero-order chi connectivity index (χ0) is 14.3. The first kappa shape index (κ1) is 12.3. The number of fused-ring (bicyclic) bond motifs is 1. The second-order valence-corrected chi connectivity index (χ2v) is 3.97. The predicted octanol–water partition coefficient (Wildman–Crippen LogP) is 2.02. The molecular weight excluding hydrogens is 273 g/mol. The summed E-state index contributed by atoms with van der Waals surface area (Å²) in [7, 11) is 0. The molecule has 0 aliphatic carbocycles. The van der Waals surface area contributed by atoms with Crippen molar-refractivity contribution in [3.63, 3.8) is 0 Å². The largest absolute Gasteiger partial charge is 0.435 e. The summed E-state index contributed by atoms with van der Waals surface area (Å²) in [5, 5.41) is 5.88. The van der Waals surface area contributed by atoms with Crippen LogP contribution in [0, 0.1) is 0 Å². The lowest BCUT2D eigenvalue weighted by Gasteiger charge is -2.07. The van der Waals surface area contributed by atoms with Crippen molar-refractivity contribution in [2.45, 2.75) is 6.18 Å². The Labute approximate surface area is 109 Å². The molecule has 0 radical (unpaired) electrons. The number of nitrogen functional groups attached to an aromatic ring is 1. The summed E-state index contributed by atoms with van der Waals surface area (Å²) in [6.07, 6.45) is -0.609. The number of aromatic amines is 1. The summed E-state index contributed by atoms with van der Waals surface area (Å²) in [6, 6.07) is 1.59. The van der Waals surface area contributed by atoms with Crippen LogP contribution in [0.15, 0.2) is 24.7 Å². The van der Waals surface area contributed by atoms with Gasteiger partial charge in [-0.2, -0.15) is 18.3 Å². The molecule has 3 heterocycles. The lowest BCUT2D eigenvalue weighted by molar-refractivity contribution is -0.140. The Morgan fingerprint density at radius 3 is 2.75 bits per heavy atom. The lowest BCUT2D eigenvalue weighted by Crippen LogP contribution is -2.08. The molecule has 3 aromatic heterocycles. The van der Waals surface area contributed by atoms with E-state index in [-0.39, 0.29) is 17.2 Å². The number of alkyl halides is 3. The van der Waals surface area contributed by atoms with Crippen molar-refractivity contribution in [1.29, 1.82) is 0 Å². The first-order chi connectivity index (χ1) is 9.47. The topological polar surface area (TPSA) is 93.4 Å². The third-order valence-corrected chi connectivity index (χ3v) is 2.68. The molecular formula is C11H7F3N6. The van der Waals surface area contributed by atoms with Crippen LogP contribution in [0.5, 0.6) is 0 Å². The van der Waals surface area contributed by atoms with Crippen molar-refractivity contribution in [1.82, 2.24) is 25.1 Å². The highest BCUT2D eigenvalue weighted by atomic mass is 19.4. The van der Waals surface area contributed by atoms with E-state index < -0.39 is 11.9 Å². The van der Waals surface area contributed by atoms with Gasteiger partial charge in [-0.1, -0.05) is 0 Å². The quantitative estimate of drug-likeness (QED) is 0.711. The van der Waals surface area contributed by atoms with Gasteiger partial charge in [0.2, 0.25) is 0 Å². The third-order valence-electron chi connectivity index (χ3n) is 2.68. The van der Waals surface area contributed by atoms with Crippen LogP contribution in [0.1, 0.15) is 5.69 Å². The Bertz CT molecular complexity index is 779. The van der Waals surface area contributed by atoms with E-state index in [0.717, 1.165) is 6.20 Å². The Morgan fingerprint density at radius 1 is 1.20 bits per heavy atom. The number of nitrogens with zero attached hydrogens (tertiary/aromatic N) is 4. The fourth-order valence-corrected chi connectivity index (χ4v) is 1.80. The highest BCUT2D eigenvalue weighted by molar-refractivity contribution is 5.88. The molecule has 0 aliphatic heterocycles. The predicted molar refractivity (Wildman–Crippen MR) is 64.3 cm³/mol. The highest BCUT2D eigenvalue weighted by Crippen LogP contribution is 2.34. The van der Waals surface area contributed by atoms with Crippen molar-refractivity contribution in [2.75, 3.05) is 5.73 Å². The van der Waals surface area contributed by atoms with Gasteiger partial charge in [-0.25, -0.2) is 9.97 Å². The number of nitrogens with two attached hydrogens (primary N) is 1. The van der Waals surface area contributed by atoms with E-state index >= 15 is 0 Å². The van der Waals surface area contributed by atoms with Crippen LogP contribution in [0.3, 0.4) is 0 Å². The molecule has 20 heavy (non-hydrogen) atoms. The van der Waals surface area contributed by atoms with E-state index in [1.165, 1.54) is 12.4 Å². The molecule has 3 N–H and O–H groups in total. The van der Waals surface area contributed by atoms with Crippen LogP contribution >= 0.6 is 0 Å². The molecule has 9 heteroatoms. The maximum atomic E-state index is 12.8. The molecule has 0 atom stereocenters. The normalized spacial score (nSPS) is 11.9. The number of nitrogens with one attached hydrogen (secondary N) is 1. The van der Waals surface area contributed by atoms with Crippen molar-refractivity contribution in [3.8, 4) is 11.4 Å². The Morgan fingerprint density at radius 2 is 2.00 bits per heavy atom. The van der Waals surface area contributed by atoms with Gasteiger partial charge in [0.15, 0.2) is 11.5 Å². The maximum absolute atomic E-state index is 12.8. The number of hydrogen-bond donors (Lipinski definition) is 2. The van der Waals surface area contributed by atoms with E-state index in [1.807, 2.05) is 0 Å². The van der Waals surface area contributed by atoms with Crippen LogP contribution in [-0.2, 0) is 6.18 Å². The summed E-state index contributed by atoms with van der Waals surface area (Å²) in [4.78, 5) is 11.8. The smallest absolute Gasteiger partial charge is 0.383 e. The van der Waals surface area contributed by atoms with E-state index in [1.54, 1.807) is 6.07 Å². The molecule has 0 saturated carbocycles. The van der Waals surface area contributed by atoms with Crippen molar-refractivity contribution < 1.29 is 13.2 Å². The molecule has 0 saturated heterocycles. The van der Waals surface area contributed by atoms with Gasteiger partial charge < -0.3 is 5.73 Å². The van der Waals surface area contributed by atoms with Gasteiger partial charge >= 0.3 is 6.18 Å². The number of H-pyrrole nitrogens is 1. The zero-order valence-electron chi connectivity index (χ0n) is 9.81. The summed E-state index contributed by atoms with van der Waals surface area (Å²) in [5.41, 5.74) is 4.76. The van der Waals surface area contributed by atoms with Crippen molar-refractivity contribution >= 4 is 16.7 Å². The summed E-state index contributed by atoms with van der Waals surface area (Å²) >= 11 is 0. The van der Waals surface area contributed by atoms with Crippen molar-refractivity contribution in [2.24, 2.45) is 0 Å². The monoisotopic (exact) mass is 280 g/mol. The Hall–Kier alpha value is -2.71. The van der Waals surface area contributed by atoms with Gasteiger partial charge in [0.1, 0.15) is 5.82 Å². The highest BCUT2D eigenvalue weighted by Gasteiger charge is 2.37. The zero-order valence-corrected chi connectivity index (χ0v) is 9.81. The van der Waals surface area contributed by atoms with E-state index in [0.29, 0.717) is 10.9 Å². The van der Waals surface area contributed by atoms with Crippen LogP contribution < -0.4 is 5.73 Å². The molecule has 0 unspecified atom stereocenters. The Kier molecular flexibility index (Phi) is 2.56. The minimum atomic E-state index is -4.60. The summed E-state index contributed by atoms with van der Waals surface area (Å²) < 4.78 is 38.4. The molecule has 3 rings (SSSR count). The fourth-order valence-electron chi connectivity index (χ4n) is 1.80. The maximum Gasteiger partial charge on any atom is 0.435 e. The molecule has 0 aromatic carbocycles. The van der Waals surface area contributed by atoms with E-state index in [9.17, 15) is 13.2 Å². The molecule has 0 fully saturated rings. The van der Waals surface area contributed by atoms with Crippen LogP contribution in [0.25, 0.3) is 22.3 Å². The number of halogens is 3. The molecule has 6 nitrogen and oxygen atoms in total. The summed E-state index contributed by atoms with van der Waals surface area (Å²) in [5.74, 6) is -0.0641. The van der Waals surface area contributed by atoms with Gasteiger partial charge in [-0.05, 0) is 6.07 Å². The van der Waals surface area contributed by atoms with Crippen LogP contribution in [-0.4, -0.2) is 25.1 Å². The number of aromatic nitrogens is 5. The average Bonchev–Trinajstić information content (AvgIpc) is 2.88. The van der Waals surface area contributed by atoms with E-state index in [4.69, 9.17) is 5.73 Å². The number of rotatable bonds is 1. The van der Waals surface area contributed by atoms with Gasteiger partial charge in [0.25, 0.3) is 0 Å². The van der Waals surface area contributed by atoms with Gasteiger partial charge in [-0.15, -0.1) is 0 Å². The molecule has 3 aromatic rings. The average molecular weight is 280 g/mol. The van der Waals surface area contributed by atoms with Gasteiger partial charge in [-0.3, -0.25) is 10.1 Å². The van der Waals surface area contributed by atoms with Crippen LogP contribution in [0.2, 0.25) is 0 Å². The first-order valence-corrected chi connectivity index (χ1v) is 5.45. The fraction of sp³-hybridized carbons (Fsp3) is 0.0909. The minimum absolute atomic E-state index is 0.0849. The molecule has 0 amide bonds. The SMILES string of the molecule is Nc1nc(-c2c[nH]nc2C(F)(F)F)nc2cnccc12. The minimum Gasteiger partial charge on any atom is -0.383 e. The number of hydrogen-bond acceptors (Lipinski definition) is 5. The number of anilines is 1. The second-order valence-electron chi connectivity index (χ2n) is 3.97. The lowest BCUT2D eigenvalue weighted by atomic mass is 10.2.